The van der Waals surface area contributed by atoms with Crippen molar-refractivity contribution in [2.45, 2.75) is 31.9 Å². The molecule has 0 radical (unpaired) electrons. The van der Waals surface area contributed by atoms with Crippen LogP contribution in [-0.2, 0) is 11.3 Å². The summed E-state index contributed by atoms with van der Waals surface area (Å²) in [5.41, 5.74) is 1.99. The summed E-state index contributed by atoms with van der Waals surface area (Å²) in [6.45, 7) is 4.07. The molecule has 0 amide bonds. The molecule has 2 aromatic rings. The van der Waals surface area contributed by atoms with E-state index < -0.39 is 0 Å². The molecule has 20 heavy (non-hydrogen) atoms. The monoisotopic (exact) mass is 272 g/mol. The van der Waals surface area contributed by atoms with E-state index >= 15 is 0 Å². The van der Waals surface area contributed by atoms with Gasteiger partial charge in [0.2, 0.25) is 0 Å². The van der Waals surface area contributed by atoms with Gasteiger partial charge in [-0.3, -0.25) is 0 Å². The van der Waals surface area contributed by atoms with E-state index in [1.807, 2.05) is 18.3 Å². The van der Waals surface area contributed by atoms with Gasteiger partial charge < -0.3 is 14.6 Å². The number of hydrogen-bond acceptors (Lipinski definition) is 4. The average molecular weight is 272 g/mol. The zero-order valence-corrected chi connectivity index (χ0v) is 11.6. The fraction of sp³-hybridized carbons (Fsp3) is 0.600. The Balaban J connectivity index is 1.75. The van der Waals surface area contributed by atoms with Crippen LogP contribution in [0.3, 0.4) is 0 Å². The van der Waals surface area contributed by atoms with E-state index in [0.717, 1.165) is 56.1 Å². The van der Waals surface area contributed by atoms with Crippen molar-refractivity contribution in [1.82, 2.24) is 19.9 Å². The molecule has 5 heteroatoms. The molecule has 2 atom stereocenters. The van der Waals surface area contributed by atoms with Gasteiger partial charge in [-0.05, 0) is 50.4 Å². The predicted octanol–water partition coefficient (Wildman–Crippen LogP) is 1.89. The van der Waals surface area contributed by atoms with Crippen molar-refractivity contribution in [3.8, 4) is 0 Å². The summed E-state index contributed by atoms with van der Waals surface area (Å²) < 4.78 is 8.14. The van der Waals surface area contributed by atoms with Crippen LogP contribution in [0.1, 0.15) is 31.2 Å². The number of aromatic nitrogens is 3. The van der Waals surface area contributed by atoms with Crippen molar-refractivity contribution in [2.24, 2.45) is 5.92 Å². The van der Waals surface area contributed by atoms with Gasteiger partial charge in [0, 0.05) is 19.3 Å². The Hall–Kier alpha value is -1.46. The highest BCUT2D eigenvalue weighted by Crippen LogP contribution is 2.30. The maximum absolute atomic E-state index is 5.85. The number of ether oxygens (including phenoxy) is 1. The van der Waals surface area contributed by atoms with Gasteiger partial charge in [0.15, 0.2) is 5.65 Å². The van der Waals surface area contributed by atoms with Gasteiger partial charge >= 0.3 is 0 Å². The lowest BCUT2D eigenvalue weighted by Gasteiger charge is -2.16. The first kappa shape index (κ1) is 12.3. The van der Waals surface area contributed by atoms with Crippen LogP contribution in [0.25, 0.3) is 11.2 Å². The van der Waals surface area contributed by atoms with Crippen LogP contribution in [-0.4, -0.2) is 34.2 Å². The smallest absolute Gasteiger partial charge is 0.160 e. The Bertz CT molecular complexity index is 597. The van der Waals surface area contributed by atoms with Crippen molar-refractivity contribution in [3.05, 3.63) is 24.2 Å². The normalized spacial score (nSPS) is 26.6. The minimum absolute atomic E-state index is 0.151. The van der Waals surface area contributed by atoms with Crippen LogP contribution >= 0.6 is 0 Å². The molecule has 4 heterocycles. The minimum atomic E-state index is 0.151. The fourth-order valence-electron chi connectivity index (χ4n) is 3.31. The maximum Gasteiger partial charge on any atom is 0.160 e. The SMILES string of the molecule is c1cnc2c(c1)nc(C1CCCO1)n2CC1CCNC1. The Morgan fingerprint density at radius 2 is 2.40 bits per heavy atom. The number of fused-ring (bicyclic) bond motifs is 1. The topological polar surface area (TPSA) is 52.0 Å². The zero-order valence-electron chi connectivity index (χ0n) is 11.6. The van der Waals surface area contributed by atoms with Crippen LogP contribution in [0.15, 0.2) is 18.3 Å². The van der Waals surface area contributed by atoms with Crippen LogP contribution in [0.4, 0.5) is 0 Å². The number of pyridine rings is 1. The Morgan fingerprint density at radius 1 is 1.40 bits per heavy atom. The standard InChI is InChI=1S/C15H20N4O/c1-3-12-14(17-6-1)19(10-11-5-7-16-9-11)15(18-12)13-4-2-8-20-13/h1,3,6,11,13,16H,2,4-5,7-10H2. The van der Waals surface area contributed by atoms with E-state index in [9.17, 15) is 0 Å². The first-order valence-corrected chi connectivity index (χ1v) is 7.55. The second-order valence-corrected chi connectivity index (χ2v) is 5.79. The Labute approximate surface area is 118 Å². The van der Waals surface area contributed by atoms with Crippen molar-refractivity contribution >= 4 is 11.2 Å². The van der Waals surface area contributed by atoms with Crippen molar-refractivity contribution in [2.75, 3.05) is 19.7 Å². The first-order chi connectivity index (χ1) is 9.92. The molecular formula is C15H20N4O. The van der Waals surface area contributed by atoms with Crippen molar-refractivity contribution in [3.63, 3.8) is 0 Å². The van der Waals surface area contributed by atoms with Gasteiger partial charge in [0.1, 0.15) is 17.4 Å². The quantitative estimate of drug-likeness (QED) is 0.927. The minimum Gasteiger partial charge on any atom is -0.370 e. The van der Waals surface area contributed by atoms with E-state index in [1.165, 1.54) is 6.42 Å². The van der Waals surface area contributed by atoms with E-state index in [-0.39, 0.29) is 6.10 Å². The Morgan fingerprint density at radius 3 is 3.20 bits per heavy atom. The van der Waals surface area contributed by atoms with Gasteiger partial charge in [0.05, 0.1) is 0 Å². The molecule has 4 rings (SSSR count). The molecular weight excluding hydrogens is 252 g/mol. The highest BCUT2D eigenvalue weighted by Gasteiger charge is 2.26. The van der Waals surface area contributed by atoms with E-state index in [0.29, 0.717) is 5.92 Å². The van der Waals surface area contributed by atoms with Crippen LogP contribution in [0.2, 0.25) is 0 Å². The molecule has 2 aliphatic rings. The summed E-state index contributed by atoms with van der Waals surface area (Å²) >= 11 is 0. The number of nitrogens with zero attached hydrogens (tertiary/aromatic N) is 3. The van der Waals surface area contributed by atoms with Crippen LogP contribution in [0, 0.1) is 5.92 Å². The molecule has 5 nitrogen and oxygen atoms in total. The predicted molar refractivity (Wildman–Crippen MR) is 76.4 cm³/mol. The van der Waals surface area contributed by atoms with Crippen LogP contribution < -0.4 is 5.32 Å². The second kappa shape index (κ2) is 5.14. The van der Waals surface area contributed by atoms with E-state index in [2.05, 4.69) is 14.9 Å². The zero-order chi connectivity index (χ0) is 13.4. The largest absolute Gasteiger partial charge is 0.370 e. The summed E-state index contributed by atoms with van der Waals surface area (Å²) in [5, 5.41) is 3.44. The number of hydrogen-bond donors (Lipinski definition) is 1. The summed E-state index contributed by atoms with van der Waals surface area (Å²) in [6, 6.07) is 4.00. The van der Waals surface area contributed by atoms with Crippen molar-refractivity contribution in [1.29, 1.82) is 0 Å². The molecule has 2 unspecified atom stereocenters. The van der Waals surface area contributed by atoms with Crippen LogP contribution in [0.5, 0.6) is 0 Å². The molecule has 106 valence electrons. The lowest BCUT2D eigenvalue weighted by molar-refractivity contribution is 0.101. The summed E-state index contributed by atoms with van der Waals surface area (Å²) in [7, 11) is 0. The number of rotatable bonds is 3. The Kier molecular flexibility index (Phi) is 3.16. The third-order valence-electron chi connectivity index (χ3n) is 4.35. The summed E-state index contributed by atoms with van der Waals surface area (Å²) in [6.07, 6.45) is 5.45. The maximum atomic E-state index is 5.85. The molecule has 0 aliphatic carbocycles. The molecule has 2 fully saturated rings. The average Bonchev–Trinajstić information content (AvgIpc) is 3.19. The summed E-state index contributed by atoms with van der Waals surface area (Å²) in [5.74, 6) is 1.75. The van der Waals surface area contributed by atoms with Gasteiger partial charge in [0.25, 0.3) is 0 Å². The second-order valence-electron chi connectivity index (χ2n) is 5.79. The van der Waals surface area contributed by atoms with E-state index in [4.69, 9.17) is 9.72 Å². The van der Waals surface area contributed by atoms with Gasteiger partial charge in [-0.2, -0.15) is 0 Å². The first-order valence-electron chi connectivity index (χ1n) is 7.55. The van der Waals surface area contributed by atoms with Gasteiger partial charge in [-0.1, -0.05) is 0 Å². The molecule has 2 aromatic heterocycles. The molecule has 0 aromatic carbocycles. The molecule has 0 spiro atoms. The molecule has 0 bridgehead atoms. The lowest BCUT2D eigenvalue weighted by Crippen LogP contribution is -2.17. The summed E-state index contributed by atoms with van der Waals surface area (Å²) in [4.78, 5) is 9.33. The molecule has 0 saturated carbocycles. The number of nitrogens with one attached hydrogen (secondary N) is 1. The number of imidazole rings is 1. The van der Waals surface area contributed by atoms with Gasteiger partial charge in [-0.25, -0.2) is 9.97 Å². The van der Waals surface area contributed by atoms with E-state index in [1.54, 1.807) is 0 Å². The molecule has 1 N–H and O–H groups in total. The highest BCUT2D eigenvalue weighted by molar-refractivity contribution is 5.71. The molecule has 2 saturated heterocycles. The fourth-order valence-corrected chi connectivity index (χ4v) is 3.31. The van der Waals surface area contributed by atoms with Gasteiger partial charge in [-0.15, -0.1) is 0 Å². The third-order valence-corrected chi connectivity index (χ3v) is 4.35. The lowest BCUT2D eigenvalue weighted by atomic mass is 10.1. The molecule has 2 aliphatic heterocycles. The van der Waals surface area contributed by atoms with Crippen molar-refractivity contribution < 1.29 is 4.74 Å². The highest BCUT2D eigenvalue weighted by atomic mass is 16.5. The third kappa shape index (κ3) is 2.11.